The number of nitrogens with zero attached hydrogens (tertiary/aromatic N) is 2. The maximum atomic E-state index is 2.63. The summed E-state index contributed by atoms with van der Waals surface area (Å²) in [5, 5.41) is 0. The molecule has 2 nitrogen and oxygen atoms in total. The van der Waals surface area contributed by atoms with E-state index in [9.17, 15) is 0 Å². The number of hydrogen-bond acceptors (Lipinski definition) is 2. The Morgan fingerprint density at radius 3 is 2.33 bits per heavy atom. The Morgan fingerprint density at radius 2 is 1.80 bits per heavy atom. The molecule has 1 unspecified atom stereocenters. The largest absolute Gasteiger partial charge is 0.306 e. The van der Waals surface area contributed by atoms with Gasteiger partial charge >= 0.3 is 0 Å². The molecule has 0 aromatic rings. The molecule has 0 radical (unpaired) electrons. The molecule has 2 heterocycles. The molecule has 0 saturated carbocycles. The van der Waals surface area contributed by atoms with Crippen molar-refractivity contribution < 1.29 is 0 Å². The lowest BCUT2D eigenvalue weighted by Gasteiger charge is -2.40. The zero-order valence-corrected chi connectivity index (χ0v) is 11.1. The van der Waals surface area contributed by atoms with E-state index in [2.05, 4.69) is 23.8 Å². The van der Waals surface area contributed by atoms with Crippen LogP contribution < -0.4 is 0 Å². The van der Waals surface area contributed by atoms with E-state index in [1.54, 1.807) is 0 Å². The average molecular weight is 212 g/mol. The first-order valence-corrected chi connectivity index (χ1v) is 6.65. The van der Waals surface area contributed by atoms with E-state index in [0.29, 0.717) is 5.41 Å². The molecule has 2 aliphatic heterocycles. The maximum Gasteiger partial charge on any atom is 0.00506 e. The standard InChI is InChI=1S/C11H22N2.C2H6/c1-3-13-7-4-5-11(10-13)6-8-12(2)9-11;1-2/h3-10H2,1-2H3;1-2H3. The van der Waals surface area contributed by atoms with Gasteiger partial charge in [0.2, 0.25) is 0 Å². The molecule has 2 saturated heterocycles. The highest BCUT2D eigenvalue weighted by atomic mass is 15.2. The van der Waals surface area contributed by atoms with Crippen molar-refractivity contribution in [2.24, 2.45) is 5.41 Å². The summed E-state index contributed by atoms with van der Waals surface area (Å²) in [6.07, 6.45) is 4.32. The van der Waals surface area contributed by atoms with Gasteiger partial charge in [-0.1, -0.05) is 20.8 Å². The van der Waals surface area contributed by atoms with Gasteiger partial charge in [-0.3, -0.25) is 0 Å². The normalized spacial score (nSPS) is 32.8. The minimum Gasteiger partial charge on any atom is -0.306 e. The summed E-state index contributed by atoms with van der Waals surface area (Å²) in [6, 6.07) is 0. The van der Waals surface area contributed by atoms with E-state index in [1.165, 1.54) is 52.0 Å². The number of likely N-dealkylation sites (tertiary alicyclic amines) is 2. The van der Waals surface area contributed by atoms with Gasteiger partial charge in [-0.15, -0.1) is 0 Å². The fourth-order valence-electron chi connectivity index (χ4n) is 3.07. The Hall–Kier alpha value is -0.0800. The Bertz CT molecular complexity index is 177. The van der Waals surface area contributed by atoms with Gasteiger partial charge in [0.1, 0.15) is 0 Å². The van der Waals surface area contributed by atoms with Crippen molar-refractivity contribution in [3.05, 3.63) is 0 Å². The van der Waals surface area contributed by atoms with Crippen molar-refractivity contribution in [3.63, 3.8) is 0 Å². The second kappa shape index (κ2) is 5.86. The Morgan fingerprint density at radius 1 is 1.07 bits per heavy atom. The second-order valence-electron chi connectivity index (χ2n) is 4.96. The lowest BCUT2D eigenvalue weighted by Crippen LogP contribution is -2.44. The van der Waals surface area contributed by atoms with Gasteiger partial charge in [0.25, 0.3) is 0 Å². The summed E-state index contributed by atoms with van der Waals surface area (Å²) < 4.78 is 0. The van der Waals surface area contributed by atoms with Crippen LogP contribution in [0, 0.1) is 5.41 Å². The van der Waals surface area contributed by atoms with E-state index in [-0.39, 0.29) is 0 Å². The third-order valence-electron chi connectivity index (χ3n) is 3.82. The van der Waals surface area contributed by atoms with Crippen LogP contribution in [0.25, 0.3) is 0 Å². The molecule has 0 amide bonds. The van der Waals surface area contributed by atoms with Crippen LogP contribution in [0.15, 0.2) is 0 Å². The predicted molar refractivity (Wildman–Crippen MR) is 67.2 cm³/mol. The monoisotopic (exact) mass is 212 g/mol. The van der Waals surface area contributed by atoms with Crippen LogP contribution in [-0.4, -0.2) is 49.6 Å². The predicted octanol–water partition coefficient (Wildman–Crippen LogP) is 2.45. The molecular weight excluding hydrogens is 184 g/mol. The maximum absolute atomic E-state index is 2.63. The topological polar surface area (TPSA) is 6.48 Å². The minimum absolute atomic E-state index is 0.670. The molecule has 0 N–H and O–H groups in total. The third kappa shape index (κ3) is 3.18. The van der Waals surface area contributed by atoms with Gasteiger partial charge in [0.05, 0.1) is 0 Å². The smallest absolute Gasteiger partial charge is 0.00506 e. The van der Waals surface area contributed by atoms with Gasteiger partial charge in [-0.25, -0.2) is 0 Å². The molecule has 2 rings (SSSR count). The molecule has 1 atom stereocenters. The highest BCUT2D eigenvalue weighted by Gasteiger charge is 2.39. The lowest BCUT2D eigenvalue weighted by molar-refractivity contribution is 0.1000. The quantitative estimate of drug-likeness (QED) is 0.659. The first kappa shape index (κ1) is 13.0. The number of hydrogen-bond donors (Lipinski definition) is 0. The molecule has 0 aliphatic carbocycles. The van der Waals surface area contributed by atoms with E-state index < -0.39 is 0 Å². The third-order valence-corrected chi connectivity index (χ3v) is 3.82. The van der Waals surface area contributed by atoms with Crippen LogP contribution in [0.4, 0.5) is 0 Å². The van der Waals surface area contributed by atoms with Crippen molar-refractivity contribution in [2.45, 2.75) is 40.0 Å². The molecule has 2 fully saturated rings. The highest BCUT2D eigenvalue weighted by Crippen LogP contribution is 2.38. The van der Waals surface area contributed by atoms with Crippen molar-refractivity contribution in [1.82, 2.24) is 9.80 Å². The van der Waals surface area contributed by atoms with Gasteiger partial charge < -0.3 is 9.80 Å². The first-order chi connectivity index (χ1) is 7.24. The van der Waals surface area contributed by atoms with E-state index in [1.807, 2.05) is 13.8 Å². The summed E-state index contributed by atoms with van der Waals surface area (Å²) in [7, 11) is 2.26. The summed E-state index contributed by atoms with van der Waals surface area (Å²) >= 11 is 0. The molecule has 2 aliphatic rings. The molecule has 0 aromatic heterocycles. The van der Waals surface area contributed by atoms with Gasteiger partial charge in [-0.05, 0) is 51.4 Å². The molecule has 0 bridgehead atoms. The molecular formula is C13H28N2. The van der Waals surface area contributed by atoms with Crippen LogP contribution in [0.3, 0.4) is 0 Å². The Kier molecular flexibility index (Phi) is 5.07. The van der Waals surface area contributed by atoms with Crippen molar-refractivity contribution >= 4 is 0 Å². The van der Waals surface area contributed by atoms with Gasteiger partial charge in [0.15, 0.2) is 0 Å². The molecule has 15 heavy (non-hydrogen) atoms. The Labute approximate surface area is 95.6 Å². The first-order valence-electron chi connectivity index (χ1n) is 6.65. The molecule has 1 spiro atoms. The molecule has 90 valence electrons. The number of piperidine rings is 1. The van der Waals surface area contributed by atoms with Gasteiger partial charge in [0, 0.05) is 13.1 Å². The van der Waals surface area contributed by atoms with E-state index in [0.717, 1.165) is 0 Å². The summed E-state index contributed by atoms with van der Waals surface area (Å²) in [5.74, 6) is 0. The Balaban J connectivity index is 0.000000531. The van der Waals surface area contributed by atoms with E-state index in [4.69, 9.17) is 0 Å². The van der Waals surface area contributed by atoms with Crippen LogP contribution in [0.1, 0.15) is 40.0 Å². The number of rotatable bonds is 1. The second-order valence-corrected chi connectivity index (χ2v) is 4.96. The summed E-state index contributed by atoms with van der Waals surface area (Å²) in [4.78, 5) is 5.13. The zero-order chi connectivity index (χ0) is 11.3. The average Bonchev–Trinajstić information content (AvgIpc) is 2.62. The summed E-state index contributed by atoms with van der Waals surface area (Å²) in [6.45, 7) is 12.9. The van der Waals surface area contributed by atoms with Crippen LogP contribution in [0.2, 0.25) is 0 Å². The lowest BCUT2D eigenvalue weighted by atomic mass is 9.79. The SMILES string of the molecule is CC.CCN1CCCC2(CCN(C)C2)C1. The van der Waals surface area contributed by atoms with Crippen LogP contribution >= 0.6 is 0 Å². The van der Waals surface area contributed by atoms with Crippen molar-refractivity contribution in [2.75, 3.05) is 39.8 Å². The van der Waals surface area contributed by atoms with Gasteiger partial charge in [-0.2, -0.15) is 0 Å². The fraction of sp³-hybridized carbons (Fsp3) is 1.00. The van der Waals surface area contributed by atoms with Crippen LogP contribution in [-0.2, 0) is 0 Å². The van der Waals surface area contributed by atoms with Crippen LogP contribution in [0.5, 0.6) is 0 Å². The minimum atomic E-state index is 0.670. The summed E-state index contributed by atoms with van der Waals surface area (Å²) in [5.41, 5.74) is 0.670. The van der Waals surface area contributed by atoms with E-state index >= 15 is 0 Å². The molecule has 0 aromatic carbocycles. The van der Waals surface area contributed by atoms with Crippen molar-refractivity contribution in [1.29, 1.82) is 0 Å². The fourth-order valence-corrected chi connectivity index (χ4v) is 3.07. The zero-order valence-electron chi connectivity index (χ0n) is 11.1. The highest BCUT2D eigenvalue weighted by molar-refractivity contribution is 4.93. The molecule has 2 heteroatoms. The van der Waals surface area contributed by atoms with Crippen molar-refractivity contribution in [3.8, 4) is 0 Å².